The Morgan fingerprint density at radius 1 is 0.825 bits per heavy atom. The SMILES string of the molecule is Cc1ccc(S(=O)(=O)N2CCN(c3nc(-c4cccc(C(F)(F)F)c4)nc(C)c3Cc3ccccc3)CC2)cc1. The Hall–Kier alpha value is -3.76. The first kappa shape index (κ1) is 27.8. The summed E-state index contributed by atoms with van der Waals surface area (Å²) >= 11 is 0. The number of rotatable bonds is 6. The van der Waals surface area contributed by atoms with Crippen LogP contribution in [0.25, 0.3) is 11.4 Å². The van der Waals surface area contributed by atoms with Crippen LogP contribution in [0.2, 0.25) is 0 Å². The van der Waals surface area contributed by atoms with Crippen LogP contribution in [0.5, 0.6) is 0 Å². The molecule has 2 heterocycles. The molecular formula is C30H29F3N4O2S. The Kier molecular flexibility index (Phi) is 7.65. The summed E-state index contributed by atoms with van der Waals surface area (Å²) in [6.07, 6.45) is -3.95. The van der Waals surface area contributed by atoms with Crippen LogP contribution in [0.1, 0.15) is 27.9 Å². The molecule has 1 fully saturated rings. The van der Waals surface area contributed by atoms with Crippen molar-refractivity contribution >= 4 is 15.8 Å². The average molecular weight is 567 g/mol. The number of alkyl halides is 3. The molecule has 6 nitrogen and oxygen atoms in total. The van der Waals surface area contributed by atoms with Gasteiger partial charge in [0.25, 0.3) is 0 Å². The largest absolute Gasteiger partial charge is 0.416 e. The Labute approximate surface area is 232 Å². The van der Waals surface area contributed by atoms with E-state index >= 15 is 0 Å². The summed E-state index contributed by atoms with van der Waals surface area (Å²) in [6.45, 7) is 5.00. The minimum atomic E-state index is -4.49. The molecule has 40 heavy (non-hydrogen) atoms. The van der Waals surface area contributed by atoms with Crippen LogP contribution in [0.4, 0.5) is 19.0 Å². The van der Waals surface area contributed by atoms with Crippen molar-refractivity contribution in [2.75, 3.05) is 31.1 Å². The Morgan fingerprint density at radius 2 is 1.50 bits per heavy atom. The number of anilines is 1. The van der Waals surface area contributed by atoms with Crippen molar-refractivity contribution in [3.05, 3.63) is 107 Å². The second-order valence-corrected chi connectivity index (χ2v) is 11.8. The van der Waals surface area contributed by atoms with Gasteiger partial charge in [-0.05, 0) is 43.7 Å². The molecule has 3 aromatic carbocycles. The highest BCUT2D eigenvalue weighted by Gasteiger charge is 2.32. The number of benzene rings is 3. The van der Waals surface area contributed by atoms with Crippen LogP contribution in [0.15, 0.2) is 83.8 Å². The third kappa shape index (κ3) is 5.88. The predicted octanol–water partition coefficient (Wildman–Crippen LogP) is 5.88. The van der Waals surface area contributed by atoms with Gasteiger partial charge in [-0.2, -0.15) is 17.5 Å². The summed E-state index contributed by atoms with van der Waals surface area (Å²) < 4.78 is 68.2. The zero-order valence-corrected chi connectivity index (χ0v) is 23.0. The number of aryl methyl sites for hydroxylation is 2. The maximum atomic E-state index is 13.4. The topological polar surface area (TPSA) is 66.4 Å². The molecule has 0 spiro atoms. The van der Waals surface area contributed by atoms with E-state index in [2.05, 4.69) is 4.98 Å². The first-order valence-corrected chi connectivity index (χ1v) is 14.4. The zero-order chi connectivity index (χ0) is 28.5. The summed E-state index contributed by atoms with van der Waals surface area (Å²) in [5.41, 5.74) is 3.04. The van der Waals surface area contributed by atoms with Crippen molar-refractivity contribution < 1.29 is 21.6 Å². The third-order valence-corrected chi connectivity index (χ3v) is 8.97. The fourth-order valence-electron chi connectivity index (χ4n) is 4.81. The van der Waals surface area contributed by atoms with E-state index in [-0.39, 0.29) is 29.4 Å². The monoisotopic (exact) mass is 566 g/mol. The lowest BCUT2D eigenvalue weighted by molar-refractivity contribution is -0.137. The zero-order valence-electron chi connectivity index (χ0n) is 22.2. The average Bonchev–Trinajstić information content (AvgIpc) is 2.94. The predicted molar refractivity (Wildman–Crippen MR) is 149 cm³/mol. The molecule has 0 saturated carbocycles. The second-order valence-electron chi connectivity index (χ2n) is 9.88. The van der Waals surface area contributed by atoms with Gasteiger partial charge in [-0.3, -0.25) is 0 Å². The Balaban J connectivity index is 1.49. The van der Waals surface area contributed by atoms with Crippen molar-refractivity contribution in [3.63, 3.8) is 0 Å². The summed E-state index contributed by atoms with van der Waals surface area (Å²) in [6, 6.07) is 21.6. The van der Waals surface area contributed by atoms with Crippen molar-refractivity contribution in [2.24, 2.45) is 0 Å². The number of aromatic nitrogens is 2. The van der Waals surface area contributed by atoms with E-state index in [1.54, 1.807) is 30.3 Å². The lowest BCUT2D eigenvalue weighted by Gasteiger charge is -2.36. The number of hydrogen-bond donors (Lipinski definition) is 0. The van der Waals surface area contributed by atoms with E-state index in [9.17, 15) is 21.6 Å². The normalized spacial score (nSPS) is 14.9. The van der Waals surface area contributed by atoms with Crippen molar-refractivity contribution in [3.8, 4) is 11.4 Å². The van der Waals surface area contributed by atoms with E-state index in [0.717, 1.165) is 28.8 Å². The molecule has 1 saturated heterocycles. The lowest BCUT2D eigenvalue weighted by Crippen LogP contribution is -2.49. The molecule has 0 aliphatic carbocycles. The molecule has 0 radical (unpaired) electrons. The maximum Gasteiger partial charge on any atom is 0.416 e. The van der Waals surface area contributed by atoms with Crippen molar-refractivity contribution in [1.82, 2.24) is 14.3 Å². The van der Waals surface area contributed by atoms with Gasteiger partial charge in [-0.1, -0.05) is 60.2 Å². The summed E-state index contributed by atoms with van der Waals surface area (Å²) in [5.74, 6) is 0.807. The molecular weight excluding hydrogens is 537 g/mol. The quantitative estimate of drug-likeness (QED) is 0.292. The van der Waals surface area contributed by atoms with Gasteiger partial charge in [0.15, 0.2) is 5.82 Å². The highest BCUT2D eigenvalue weighted by molar-refractivity contribution is 7.89. The molecule has 0 amide bonds. The van der Waals surface area contributed by atoms with Crippen molar-refractivity contribution in [2.45, 2.75) is 31.3 Å². The molecule has 0 N–H and O–H groups in total. The number of halogens is 3. The molecule has 0 bridgehead atoms. The second kappa shape index (κ2) is 11.0. The van der Waals surface area contributed by atoms with Gasteiger partial charge in [-0.15, -0.1) is 0 Å². The van der Waals surface area contributed by atoms with E-state index in [0.29, 0.717) is 31.0 Å². The van der Waals surface area contributed by atoms with E-state index < -0.39 is 21.8 Å². The van der Waals surface area contributed by atoms with Gasteiger partial charge in [0.05, 0.1) is 10.5 Å². The molecule has 10 heteroatoms. The minimum absolute atomic E-state index is 0.199. The first-order chi connectivity index (χ1) is 19.0. The van der Waals surface area contributed by atoms with Crippen LogP contribution in [-0.4, -0.2) is 48.9 Å². The minimum Gasteiger partial charge on any atom is -0.354 e. The van der Waals surface area contributed by atoms with Crippen LogP contribution >= 0.6 is 0 Å². The van der Waals surface area contributed by atoms with Crippen LogP contribution in [-0.2, 0) is 22.6 Å². The van der Waals surface area contributed by atoms with Gasteiger partial charge >= 0.3 is 6.18 Å². The first-order valence-electron chi connectivity index (χ1n) is 12.9. The fraction of sp³-hybridized carbons (Fsp3) is 0.267. The Morgan fingerprint density at radius 3 is 2.15 bits per heavy atom. The smallest absolute Gasteiger partial charge is 0.354 e. The highest BCUT2D eigenvalue weighted by atomic mass is 32.2. The molecule has 5 rings (SSSR count). The number of nitrogens with zero attached hydrogens (tertiary/aromatic N) is 4. The molecule has 1 aliphatic rings. The number of hydrogen-bond acceptors (Lipinski definition) is 5. The molecule has 4 aromatic rings. The molecule has 1 aliphatic heterocycles. The van der Waals surface area contributed by atoms with Gasteiger partial charge in [0.2, 0.25) is 10.0 Å². The molecule has 0 unspecified atom stereocenters. The lowest BCUT2D eigenvalue weighted by atomic mass is 10.0. The van der Waals surface area contributed by atoms with E-state index in [1.165, 1.54) is 10.4 Å². The van der Waals surface area contributed by atoms with Gasteiger partial charge in [-0.25, -0.2) is 18.4 Å². The van der Waals surface area contributed by atoms with Crippen molar-refractivity contribution in [1.29, 1.82) is 0 Å². The summed E-state index contributed by atoms with van der Waals surface area (Å²) in [5, 5.41) is 0. The van der Waals surface area contributed by atoms with Gasteiger partial charge in [0, 0.05) is 49.4 Å². The van der Waals surface area contributed by atoms with Gasteiger partial charge in [0.1, 0.15) is 5.82 Å². The van der Waals surface area contributed by atoms with Crippen LogP contribution in [0.3, 0.4) is 0 Å². The summed E-state index contributed by atoms with van der Waals surface area (Å²) in [7, 11) is -3.65. The van der Waals surface area contributed by atoms with Crippen LogP contribution < -0.4 is 4.90 Å². The molecule has 208 valence electrons. The number of sulfonamides is 1. The fourth-order valence-corrected chi connectivity index (χ4v) is 6.23. The number of piperazine rings is 1. The maximum absolute atomic E-state index is 13.4. The van der Waals surface area contributed by atoms with E-state index in [4.69, 9.17) is 4.98 Å². The highest BCUT2D eigenvalue weighted by Crippen LogP contribution is 2.33. The molecule has 1 aromatic heterocycles. The van der Waals surface area contributed by atoms with Gasteiger partial charge < -0.3 is 4.90 Å². The summed E-state index contributed by atoms with van der Waals surface area (Å²) in [4.78, 5) is 11.6. The van der Waals surface area contributed by atoms with E-state index in [1.807, 2.05) is 49.1 Å². The Bertz CT molecular complexity index is 1600. The third-order valence-electron chi connectivity index (χ3n) is 7.06. The standard InChI is InChI=1S/C30H29F3N4O2S/c1-21-11-13-26(14-12-21)40(38,39)37-17-15-36(16-18-37)29-27(19-23-7-4-3-5-8-23)22(2)34-28(35-29)24-9-6-10-25(20-24)30(31,32)33/h3-14,20H,15-19H2,1-2H3. The molecule has 0 atom stereocenters. The van der Waals surface area contributed by atoms with Crippen LogP contribution in [0, 0.1) is 13.8 Å².